The van der Waals surface area contributed by atoms with Crippen molar-refractivity contribution in [3.63, 3.8) is 0 Å². The molecule has 0 heterocycles. The maximum atomic E-state index is 5.63. The number of benzene rings is 1. The molecule has 0 saturated heterocycles. The highest BCUT2D eigenvalue weighted by Crippen LogP contribution is 2.31. The second kappa shape index (κ2) is 8.15. The summed E-state index contributed by atoms with van der Waals surface area (Å²) in [6, 6.07) is 6.78. The molecule has 2 rings (SSSR count). The number of hydrogen-bond donors (Lipinski definition) is 1. The Morgan fingerprint density at radius 3 is 2.55 bits per heavy atom. The maximum Gasteiger partial charge on any atom is 0.165 e. The van der Waals surface area contributed by atoms with Gasteiger partial charge in [0.2, 0.25) is 0 Å². The first kappa shape index (κ1) is 15.2. The van der Waals surface area contributed by atoms with Gasteiger partial charge in [0, 0.05) is 18.2 Å². The third-order valence-corrected chi connectivity index (χ3v) is 4.00. The van der Waals surface area contributed by atoms with Gasteiger partial charge in [-0.05, 0) is 25.8 Å². The molecule has 1 saturated carbocycles. The van der Waals surface area contributed by atoms with Crippen molar-refractivity contribution in [3.05, 3.63) is 23.8 Å². The predicted octanol–water partition coefficient (Wildman–Crippen LogP) is 3.91. The molecule has 0 aromatic heterocycles. The Hall–Kier alpha value is -1.22. The van der Waals surface area contributed by atoms with Gasteiger partial charge in [-0.3, -0.25) is 0 Å². The lowest BCUT2D eigenvalue weighted by atomic mass is 10.1. The van der Waals surface area contributed by atoms with Gasteiger partial charge in [0.15, 0.2) is 11.5 Å². The monoisotopic (exact) mass is 277 g/mol. The van der Waals surface area contributed by atoms with Crippen LogP contribution in [0.15, 0.2) is 18.2 Å². The highest BCUT2D eigenvalue weighted by molar-refractivity contribution is 5.46. The Labute approximate surface area is 122 Å². The maximum absolute atomic E-state index is 5.63. The average Bonchev–Trinajstić information content (AvgIpc) is 2.74. The standard InChI is InChI=1S/C17H27NO2/c1-3-20-16-12-8-9-14(17(16)19-2)13-18-15-10-6-4-5-7-11-15/h8-9,12,15,18H,3-7,10-11,13H2,1-2H3. The van der Waals surface area contributed by atoms with E-state index in [-0.39, 0.29) is 0 Å². The number of hydrogen-bond acceptors (Lipinski definition) is 3. The minimum atomic E-state index is 0.651. The Morgan fingerprint density at radius 2 is 1.90 bits per heavy atom. The van der Waals surface area contributed by atoms with Crippen LogP contribution in [0, 0.1) is 0 Å². The molecule has 1 aliphatic carbocycles. The number of methoxy groups -OCH3 is 1. The molecule has 3 nitrogen and oxygen atoms in total. The van der Waals surface area contributed by atoms with E-state index in [1.54, 1.807) is 7.11 Å². The fourth-order valence-electron chi connectivity index (χ4n) is 2.94. The number of nitrogens with one attached hydrogen (secondary N) is 1. The van der Waals surface area contributed by atoms with Gasteiger partial charge in [-0.2, -0.15) is 0 Å². The van der Waals surface area contributed by atoms with E-state index >= 15 is 0 Å². The summed E-state index contributed by atoms with van der Waals surface area (Å²) in [5.74, 6) is 1.71. The lowest BCUT2D eigenvalue weighted by Gasteiger charge is -2.18. The molecular weight excluding hydrogens is 250 g/mol. The minimum absolute atomic E-state index is 0.651. The Morgan fingerprint density at radius 1 is 1.15 bits per heavy atom. The van der Waals surface area contributed by atoms with Gasteiger partial charge >= 0.3 is 0 Å². The van der Waals surface area contributed by atoms with Gasteiger partial charge in [-0.25, -0.2) is 0 Å². The van der Waals surface area contributed by atoms with Crippen LogP contribution in [0.5, 0.6) is 11.5 Å². The average molecular weight is 277 g/mol. The summed E-state index contributed by atoms with van der Waals surface area (Å²) in [4.78, 5) is 0. The summed E-state index contributed by atoms with van der Waals surface area (Å²) in [6.07, 6.45) is 8.09. The van der Waals surface area contributed by atoms with E-state index in [4.69, 9.17) is 9.47 Å². The van der Waals surface area contributed by atoms with Crippen molar-refractivity contribution in [1.29, 1.82) is 0 Å². The molecule has 1 aromatic carbocycles. The van der Waals surface area contributed by atoms with Gasteiger partial charge in [-0.1, -0.05) is 37.8 Å². The first-order valence-electron chi connectivity index (χ1n) is 7.87. The second-order valence-corrected chi connectivity index (χ2v) is 5.45. The van der Waals surface area contributed by atoms with Crippen LogP contribution in [-0.2, 0) is 6.54 Å². The SMILES string of the molecule is CCOc1cccc(CNC2CCCCCC2)c1OC. The largest absolute Gasteiger partial charge is 0.493 e. The molecule has 20 heavy (non-hydrogen) atoms. The third-order valence-electron chi connectivity index (χ3n) is 4.00. The number of para-hydroxylation sites is 1. The van der Waals surface area contributed by atoms with E-state index in [2.05, 4.69) is 11.4 Å². The van der Waals surface area contributed by atoms with Crippen molar-refractivity contribution < 1.29 is 9.47 Å². The minimum Gasteiger partial charge on any atom is -0.493 e. The zero-order valence-corrected chi connectivity index (χ0v) is 12.8. The van der Waals surface area contributed by atoms with Gasteiger partial charge in [0.05, 0.1) is 13.7 Å². The van der Waals surface area contributed by atoms with Crippen molar-refractivity contribution >= 4 is 0 Å². The van der Waals surface area contributed by atoms with Crippen LogP contribution in [0.3, 0.4) is 0 Å². The van der Waals surface area contributed by atoms with E-state index in [1.807, 2.05) is 19.1 Å². The zero-order chi connectivity index (χ0) is 14.2. The van der Waals surface area contributed by atoms with Crippen LogP contribution in [0.25, 0.3) is 0 Å². The first-order chi connectivity index (χ1) is 9.85. The molecule has 1 N–H and O–H groups in total. The van der Waals surface area contributed by atoms with Gasteiger partial charge in [-0.15, -0.1) is 0 Å². The summed E-state index contributed by atoms with van der Waals surface area (Å²) < 4.78 is 11.2. The van der Waals surface area contributed by atoms with E-state index in [1.165, 1.54) is 44.1 Å². The third kappa shape index (κ3) is 4.14. The van der Waals surface area contributed by atoms with Crippen LogP contribution in [0.1, 0.15) is 51.0 Å². The first-order valence-corrected chi connectivity index (χ1v) is 7.87. The fraction of sp³-hybridized carbons (Fsp3) is 0.647. The molecule has 0 bridgehead atoms. The molecule has 1 aromatic rings. The molecular formula is C17H27NO2. The molecule has 0 spiro atoms. The summed E-state index contributed by atoms with van der Waals surface area (Å²) in [5, 5.41) is 3.69. The summed E-state index contributed by atoms with van der Waals surface area (Å²) >= 11 is 0. The van der Waals surface area contributed by atoms with E-state index in [0.717, 1.165) is 18.0 Å². The molecule has 0 unspecified atom stereocenters. The molecule has 0 radical (unpaired) electrons. The van der Waals surface area contributed by atoms with Gasteiger partial charge < -0.3 is 14.8 Å². The Balaban J connectivity index is 1.99. The number of rotatable bonds is 6. The van der Waals surface area contributed by atoms with E-state index < -0.39 is 0 Å². The van der Waals surface area contributed by atoms with Crippen LogP contribution in [-0.4, -0.2) is 19.8 Å². The number of ether oxygens (including phenoxy) is 2. The summed E-state index contributed by atoms with van der Waals surface area (Å²) in [6.45, 7) is 3.51. The van der Waals surface area contributed by atoms with Crippen molar-refractivity contribution in [3.8, 4) is 11.5 Å². The smallest absolute Gasteiger partial charge is 0.165 e. The zero-order valence-electron chi connectivity index (χ0n) is 12.8. The van der Waals surface area contributed by atoms with Crippen LogP contribution in [0.4, 0.5) is 0 Å². The molecule has 0 atom stereocenters. The van der Waals surface area contributed by atoms with Crippen molar-refractivity contribution in [2.24, 2.45) is 0 Å². The molecule has 1 fully saturated rings. The van der Waals surface area contributed by atoms with Crippen LogP contribution in [0.2, 0.25) is 0 Å². The quantitative estimate of drug-likeness (QED) is 0.800. The molecule has 1 aliphatic rings. The van der Waals surface area contributed by atoms with Crippen LogP contribution < -0.4 is 14.8 Å². The Kier molecular flexibility index (Phi) is 6.19. The Bertz CT molecular complexity index is 398. The highest BCUT2D eigenvalue weighted by Gasteiger charge is 2.14. The van der Waals surface area contributed by atoms with E-state index in [0.29, 0.717) is 12.6 Å². The fourth-order valence-corrected chi connectivity index (χ4v) is 2.94. The molecule has 0 amide bonds. The molecule has 3 heteroatoms. The molecule has 112 valence electrons. The van der Waals surface area contributed by atoms with Crippen LogP contribution >= 0.6 is 0 Å². The lowest BCUT2D eigenvalue weighted by Crippen LogP contribution is -2.28. The van der Waals surface area contributed by atoms with E-state index in [9.17, 15) is 0 Å². The molecule has 0 aliphatic heterocycles. The van der Waals surface area contributed by atoms with Gasteiger partial charge in [0.1, 0.15) is 0 Å². The highest BCUT2D eigenvalue weighted by atomic mass is 16.5. The lowest BCUT2D eigenvalue weighted by molar-refractivity contribution is 0.308. The van der Waals surface area contributed by atoms with Crippen molar-refractivity contribution in [2.45, 2.75) is 58.0 Å². The van der Waals surface area contributed by atoms with Crippen molar-refractivity contribution in [1.82, 2.24) is 5.32 Å². The topological polar surface area (TPSA) is 30.5 Å². The summed E-state index contributed by atoms with van der Waals surface area (Å²) in [5.41, 5.74) is 1.18. The normalized spacial score (nSPS) is 16.7. The van der Waals surface area contributed by atoms with Gasteiger partial charge in [0.25, 0.3) is 0 Å². The predicted molar refractivity (Wildman–Crippen MR) is 82.5 cm³/mol. The summed E-state index contributed by atoms with van der Waals surface area (Å²) in [7, 11) is 1.72. The second-order valence-electron chi connectivity index (χ2n) is 5.45. The van der Waals surface area contributed by atoms with Crippen molar-refractivity contribution in [2.75, 3.05) is 13.7 Å².